The van der Waals surface area contributed by atoms with Crippen LogP contribution in [0.5, 0.6) is 0 Å². The molecule has 80 valence electrons. The third kappa shape index (κ3) is 9.24. The minimum Gasteiger partial charge on any atom is -0.300 e. The van der Waals surface area contributed by atoms with E-state index in [1.807, 2.05) is 0 Å². The van der Waals surface area contributed by atoms with E-state index in [1.54, 1.807) is 6.92 Å². The lowest BCUT2D eigenvalue weighted by atomic mass is 10.1. The van der Waals surface area contributed by atoms with E-state index in [0.29, 0.717) is 12.2 Å². The molecule has 0 aliphatic carbocycles. The Kier molecular flexibility index (Phi) is 7.09. The fourth-order valence-electron chi connectivity index (χ4n) is 1.21. The molecule has 0 saturated carbocycles. The highest BCUT2D eigenvalue weighted by atomic mass is 16.1. The molecule has 0 atom stereocenters. The summed E-state index contributed by atoms with van der Waals surface area (Å²) in [5, 5.41) is 0. The van der Waals surface area contributed by atoms with Gasteiger partial charge in [0, 0.05) is 6.42 Å². The van der Waals surface area contributed by atoms with Crippen molar-refractivity contribution >= 4 is 5.78 Å². The Bertz CT molecular complexity index is 230. The molecule has 0 N–H and O–H groups in total. The lowest BCUT2D eigenvalue weighted by Gasteiger charge is -1.99. The average Bonchev–Trinajstić information content (AvgIpc) is 2.02. The Morgan fingerprint density at radius 2 is 1.64 bits per heavy atom. The van der Waals surface area contributed by atoms with Gasteiger partial charge in [-0.15, -0.1) is 0 Å². The zero-order chi connectivity index (χ0) is 11.0. The molecule has 14 heavy (non-hydrogen) atoms. The van der Waals surface area contributed by atoms with Crippen LogP contribution in [-0.4, -0.2) is 5.78 Å². The normalized spacial score (nSPS) is 11.3. The summed E-state index contributed by atoms with van der Waals surface area (Å²) < 4.78 is 0. The fourth-order valence-corrected chi connectivity index (χ4v) is 1.21. The molecule has 1 heteroatoms. The monoisotopic (exact) mass is 194 g/mol. The minimum atomic E-state index is 0.294. The first-order valence-electron chi connectivity index (χ1n) is 5.31. The maximum absolute atomic E-state index is 10.7. The molecule has 0 bridgehead atoms. The van der Waals surface area contributed by atoms with Crippen LogP contribution in [0.4, 0.5) is 0 Å². The number of carbonyl (C=O) groups is 1. The summed E-state index contributed by atoms with van der Waals surface area (Å²) in [5.41, 5.74) is 2.75. The fraction of sp³-hybridized carbons (Fsp3) is 0.615. The summed E-state index contributed by atoms with van der Waals surface area (Å²) >= 11 is 0. The van der Waals surface area contributed by atoms with Crippen molar-refractivity contribution in [3.8, 4) is 0 Å². The van der Waals surface area contributed by atoms with Crippen LogP contribution in [0.1, 0.15) is 53.4 Å². The molecule has 0 aliphatic heterocycles. The number of hydrogen-bond donors (Lipinski definition) is 0. The molecule has 0 aromatic rings. The van der Waals surface area contributed by atoms with Crippen molar-refractivity contribution in [2.75, 3.05) is 0 Å². The van der Waals surface area contributed by atoms with Gasteiger partial charge in [0.1, 0.15) is 5.78 Å². The third-order valence-electron chi connectivity index (χ3n) is 2.09. The van der Waals surface area contributed by atoms with E-state index in [1.165, 1.54) is 11.1 Å². The van der Waals surface area contributed by atoms with Crippen LogP contribution in [-0.2, 0) is 4.79 Å². The Morgan fingerprint density at radius 1 is 1.00 bits per heavy atom. The highest BCUT2D eigenvalue weighted by Crippen LogP contribution is 2.08. The molecule has 1 nitrogen and oxygen atoms in total. The molecule has 0 heterocycles. The van der Waals surface area contributed by atoms with Crippen molar-refractivity contribution < 1.29 is 4.79 Å². The van der Waals surface area contributed by atoms with Gasteiger partial charge in [-0.3, -0.25) is 0 Å². The Morgan fingerprint density at radius 3 is 2.14 bits per heavy atom. The van der Waals surface area contributed by atoms with Crippen LogP contribution in [0.3, 0.4) is 0 Å². The van der Waals surface area contributed by atoms with Crippen molar-refractivity contribution in [2.24, 2.45) is 0 Å². The van der Waals surface area contributed by atoms with Gasteiger partial charge >= 0.3 is 0 Å². The number of Topliss-reactive ketones (excluding diaryl/α,β-unsaturated/α-hetero) is 1. The first-order valence-corrected chi connectivity index (χ1v) is 5.31. The predicted molar refractivity (Wildman–Crippen MR) is 62.3 cm³/mol. The Labute approximate surface area is 87.9 Å². The summed E-state index contributed by atoms with van der Waals surface area (Å²) in [6, 6.07) is 0. The molecule has 0 aliphatic rings. The predicted octanol–water partition coefficient (Wildman–Crippen LogP) is 4.05. The maximum Gasteiger partial charge on any atom is 0.129 e. The van der Waals surface area contributed by atoms with Gasteiger partial charge in [-0.25, -0.2) is 0 Å². The SMILES string of the molecule is CC(=O)CCC/C(C)=C/CC=C(C)C. The van der Waals surface area contributed by atoms with Crippen LogP contribution in [0.2, 0.25) is 0 Å². The van der Waals surface area contributed by atoms with Crippen molar-refractivity contribution in [3.05, 3.63) is 23.3 Å². The van der Waals surface area contributed by atoms with Gasteiger partial charge in [0.05, 0.1) is 0 Å². The Hall–Kier alpha value is -0.850. The number of rotatable bonds is 6. The molecular formula is C13H22O. The van der Waals surface area contributed by atoms with Crippen molar-refractivity contribution in [1.82, 2.24) is 0 Å². The zero-order valence-corrected chi connectivity index (χ0v) is 9.89. The number of hydrogen-bond acceptors (Lipinski definition) is 1. The molecule has 0 spiro atoms. The number of allylic oxidation sites excluding steroid dienone is 4. The van der Waals surface area contributed by atoms with Gasteiger partial charge in [-0.05, 0) is 47.0 Å². The summed E-state index contributed by atoms with van der Waals surface area (Å²) in [6.45, 7) is 8.01. The van der Waals surface area contributed by atoms with E-state index in [2.05, 4.69) is 32.9 Å². The van der Waals surface area contributed by atoms with Crippen LogP contribution < -0.4 is 0 Å². The maximum atomic E-state index is 10.7. The van der Waals surface area contributed by atoms with Crippen molar-refractivity contribution in [2.45, 2.75) is 53.4 Å². The molecule has 0 aromatic heterocycles. The summed E-state index contributed by atoms with van der Waals surface area (Å²) in [4.78, 5) is 10.7. The standard InChI is InChI=1S/C13H22O/c1-11(2)7-5-8-12(3)9-6-10-13(4)14/h7-8H,5-6,9-10H2,1-4H3/b12-8+. The molecular weight excluding hydrogens is 172 g/mol. The molecule has 0 fully saturated rings. The van der Waals surface area contributed by atoms with E-state index < -0.39 is 0 Å². The van der Waals surface area contributed by atoms with Crippen LogP contribution >= 0.6 is 0 Å². The molecule has 0 rings (SSSR count). The molecule has 0 saturated heterocycles. The average molecular weight is 194 g/mol. The lowest BCUT2D eigenvalue weighted by molar-refractivity contribution is -0.117. The van der Waals surface area contributed by atoms with E-state index in [0.717, 1.165) is 19.3 Å². The van der Waals surface area contributed by atoms with Gasteiger partial charge in [0.15, 0.2) is 0 Å². The van der Waals surface area contributed by atoms with Crippen LogP contribution in [0.15, 0.2) is 23.3 Å². The summed E-state index contributed by atoms with van der Waals surface area (Å²) in [7, 11) is 0. The first kappa shape index (κ1) is 13.2. The second-order valence-electron chi connectivity index (χ2n) is 4.12. The van der Waals surface area contributed by atoms with E-state index in [9.17, 15) is 4.79 Å². The largest absolute Gasteiger partial charge is 0.300 e. The van der Waals surface area contributed by atoms with E-state index >= 15 is 0 Å². The highest BCUT2D eigenvalue weighted by molar-refractivity contribution is 5.75. The second kappa shape index (κ2) is 7.54. The first-order chi connectivity index (χ1) is 6.52. The van der Waals surface area contributed by atoms with Crippen LogP contribution in [0, 0.1) is 0 Å². The van der Waals surface area contributed by atoms with E-state index in [4.69, 9.17) is 0 Å². The molecule has 0 unspecified atom stereocenters. The highest BCUT2D eigenvalue weighted by Gasteiger charge is 1.94. The molecule has 0 aromatic carbocycles. The van der Waals surface area contributed by atoms with Gasteiger partial charge in [-0.2, -0.15) is 0 Å². The molecule has 0 amide bonds. The second-order valence-corrected chi connectivity index (χ2v) is 4.12. The third-order valence-corrected chi connectivity index (χ3v) is 2.09. The molecule has 0 radical (unpaired) electrons. The van der Waals surface area contributed by atoms with Gasteiger partial charge in [0.25, 0.3) is 0 Å². The van der Waals surface area contributed by atoms with Gasteiger partial charge < -0.3 is 4.79 Å². The summed E-state index contributed by atoms with van der Waals surface area (Å²) in [5.74, 6) is 0.294. The Balaban J connectivity index is 3.67. The van der Waals surface area contributed by atoms with E-state index in [-0.39, 0.29) is 0 Å². The lowest BCUT2D eigenvalue weighted by Crippen LogP contribution is -1.89. The van der Waals surface area contributed by atoms with Crippen LogP contribution in [0.25, 0.3) is 0 Å². The topological polar surface area (TPSA) is 17.1 Å². The van der Waals surface area contributed by atoms with Gasteiger partial charge in [-0.1, -0.05) is 23.3 Å². The zero-order valence-electron chi connectivity index (χ0n) is 9.89. The summed E-state index contributed by atoms with van der Waals surface area (Å²) in [6.07, 6.45) is 8.24. The van der Waals surface area contributed by atoms with Crippen molar-refractivity contribution in [1.29, 1.82) is 0 Å². The number of carbonyl (C=O) groups excluding carboxylic acids is 1. The quantitative estimate of drug-likeness (QED) is 0.583. The smallest absolute Gasteiger partial charge is 0.129 e. The van der Waals surface area contributed by atoms with Gasteiger partial charge in [0.2, 0.25) is 0 Å². The number of ketones is 1. The van der Waals surface area contributed by atoms with Crippen molar-refractivity contribution in [3.63, 3.8) is 0 Å². The minimum absolute atomic E-state index is 0.294.